The molecule has 9 heteroatoms. The Kier molecular flexibility index (Phi) is 6.38. The van der Waals surface area contributed by atoms with Crippen LogP contribution < -0.4 is 9.80 Å². The third-order valence-electron chi connectivity index (χ3n) is 4.37. The Morgan fingerprint density at radius 2 is 2.04 bits per heavy atom. The highest BCUT2D eigenvalue weighted by Gasteiger charge is 2.24. The van der Waals surface area contributed by atoms with Crippen LogP contribution in [0, 0.1) is 10.1 Å². The molecule has 148 valence electrons. The van der Waals surface area contributed by atoms with E-state index >= 15 is 0 Å². The van der Waals surface area contributed by atoms with Crippen molar-refractivity contribution in [3.63, 3.8) is 0 Å². The van der Waals surface area contributed by atoms with Gasteiger partial charge in [0.2, 0.25) is 0 Å². The van der Waals surface area contributed by atoms with Gasteiger partial charge in [-0.2, -0.15) is 0 Å². The second-order valence-corrected chi connectivity index (χ2v) is 8.89. The van der Waals surface area contributed by atoms with Crippen LogP contribution in [0.15, 0.2) is 30.3 Å². The van der Waals surface area contributed by atoms with Crippen LogP contribution in [0.5, 0.6) is 0 Å². The van der Waals surface area contributed by atoms with Crippen LogP contribution in [0.3, 0.4) is 0 Å². The topological polar surface area (TPSA) is 80.8 Å². The fourth-order valence-electron chi connectivity index (χ4n) is 2.84. The van der Waals surface area contributed by atoms with E-state index in [9.17, 15) is 14.9 Å². The lowest BCUT2D eigenvalue weighted by atomic mass is 10.2. The first-order valence-electron chi connectivity index (χ1n) is 9.13. The van der Waals surface area contributed by atoms with Gasteiger partial charge in [-0.1, -0.05) is 35.7 Å². The lowest BCUT2D eigenvalue weighted by Crippen LogP contribution is -3.05. The first kappa shape index (κ1) is 20.4. The summed E-state index contributed by atoms with van der Waals surface area (Å²) >= 11 is 2.39. The van der Waals surface area contributed by atoms with Crippen LogP contribution >= 0.6 is 22.7 Å². The van der Waals surface area contributed by atoms with Crippen molar-refractivity contribution in [1.29, 1.82) is 0 Å². The summed E-state index contributed by atoms with van der Waals surface area (Å²) in [5, 5.41) is 11.6. The SMILES string of the molecule is CCc1ccc2nc(N(CCC[NH+](C)C)C(=O)c3ccc([N+](=O)[O-])s3)sc2c1. The maximum Gasteiger partial charge on any atom is 0.324 e. The minimum atomic E-state index is -0.467. The number of benzene rings is 1. The molecule has 0 atom stereocenters. The zero-order valence-electron chi connectivity index (χ0n) is 16.1. The fourth-order valence-corrected chi connectivity index (χ4v) is 4.66. The average Bonchev–Trinajstić information content (AvgIpc) is 3.30. The van der Waals surface area contributed by atoms with Crippen molar-refractivity contribution in [2.45, 2.75) is 19.8 Å². The monoisotopic (exact) mass is 419 g/mol. The number of hydrogen-bond acceptors (Lipinski definition) is 6. The van der Waals surface area contributed by atoms with Crippen molar-refractivity contribution < 1.29 is 14.6 Å². The fraction of sp³-hybridized carbons (Fsp3) is 0.368. The Bertz CT molecular complexity index is 996. The largest absolute Gasteiger partial charge is 0.340 e. The zero-order valence-corrected chi connectivity index (χ0v) is 17.7. The number of aromatic nitrogens is 1. The van der Waals surface area contributed by atoms with Gasteiger partial charge < -0.3 is 4.90 Å². The van der Waals surface area contributed by atoms with Gasteiger partial charge in [-0.3, -0.25) is 19.8 Å². The summed E-state index contributed by atoms with van der Waals surface area (Å²) in [4.78, 5) is 31.6. The number of thiazole rings is 1. The summed E-state index contributed by atoms with van der Waals surface area (Å²) in [6.07, 6.45) is 1.76. The number of thiophene rings is 1. The van der Waals surface area contributed by atoms with Crippen molar-refractivity contribution in [3.8, 4) is 0 Å². The Morgan fingerprint density at radius 1 is 1.25 bits per heavy atom. The van der Waals surface area contributed by atoms with Crippen molar-refractivity contribution in [3.05, 3.63) is 50.9 Å². The van der Waals surface area contributed by atoms with E-state index in [1.54, 1.807) is 4.90 Å². The van der Waals surface area contributed by atoms with Crippen LogP contribution in [0.25, 0.3) is 10.2 Å². The van der Waals surface area contributed by atoms with Gasteiger partial charge in [0.1, 0.15) is 0 Å². The molecule has 0 radical (unpaired) electrons. The molecule has 0 aliphatic rings. The predicted molar refractivity (Wildman–Crippen MR) is 114 cm³/mol. The molecule has 2 aromatic heterocycles. The summed E-state index contributed by atoms with van der Waals surface area (Å²) < 4.78 is 1.04. The first-order valence-corrected chi connectivity index (χ1v) is 10.8. The second-order valence-electron chi connectivity index (χ2n) is 6.81. The Balaban J connectivity index is 1.93. The van der Waals surface area contributed by atoms with E-state index in [2.05, 4.69) is 38.1 Å². The third kappa shape index (κ3) is 4.54. The molecule has 0 fully saturated rings. The molecule has 0 aliphatic carbocycles. The molecule has 0 saturated heterocycles. The minimum Gasteiger partial charge on any atom is -0.340 e. The van der Waals surface area contributed by atoms with E-state index in [1.165, 1.54) is 33.9 Å². The number of nitrogens with one attached hydrogen (secondary N) is 1. The van der Waals surface area contributed by atoms with Gasteiger partial charge in [0, 0.05) is 19.0 Å². The van der Waals surface area contributed by atoms with Crippen molar-refractivity contribution in [2.75, 3.05) is 32.1 Å². The second kappa shape index (κ2) is 8.76. The number of anilines is 1. The first-order chi connectivity index (χ1) is 13.4. The molecule has 3 aromatic rings. The van der Waals surface area contributed by atoms with E-state index < -0.39 is 4.92 Å². The zero-order chi connectivity index (χ0) is 20.3. The molecule has 1 N–H and O–H groups in total. The lowest BCUT2D eigenvalue weighted by molar-refractivity contribution is -0.858. The van der Waals surface area contributed by atoms with E-state index in [-0.39, 0.29) is 10.9 Å². The number of fused-ring (bicyclic) bond motifs is 1. The number of quaternary nitrogens is 1. The molecule has 1 amide bonds. The average molecular weight is 420 g/mol. The van der Waals surface area contributed by atoms with Gasteiger partial charge in [-0.25, -0.2) is 4.98 Å². The number of nitro groups is 1. The molecule has 2 heterocycles. The molecule has 0 unspecified atom stereocenters. The Morgan fingerprint density at radius 3 is 2.68 bits per heavy atom. The Hall–Kier alpha value is -2.36. The van der Waals surface area contributed by atoms with Crippen LogP contribution in [0.2, 0.25) is 0 Å². The van der Waals surface area contributed by atoms with Gasteiger partial charge in [0.15, 0.2) is 5.13 Å². The van der Waals surface area contributed by atoms with Crippen LogP contribution in [0.1, 0.15) is 28.6 Å². The van der Waals surface area contributed by atoms with E-state index in [4.69, 9.17) is 0 Å². The summed E-state index contributed by atoms with van der Waals surface area (Å²) in [5.74, 6) is -0.235. The normalized spacial score (nSPS) is 11.3. The Labute approximate surface area is 171 Å². The van der Waals surface area contributed by atoms with Gasteiger partial charge in [0.25, 0.3) is 5.91 Å². The smallest absolute Gasteiger partial charge is 0.324 e. The maximum absolute atomic E-state index is 13.1. The summed E-state index contributed by atoms with van der Waals surface area (Å²) in [6, 6.07) is 9.05. The number of nitrogens with zero attached hydrogens (tertiary/aromatic N) is 3. The van der Waals surface area contributed by atoms with Gasteiger partial charge in [-0.05, 0) is 30.2 Å². The minimum absolute atomic E-state index is 0.0297. The van der Waals surface area contributed by atoms with E-state index in [0.29, 0.717) is 16.6 Å². The summed E-state index contributed by atoms with van der Waals surface area (Å²) in [7, 11) is 4.14. The lowest BCUT2D eigenvalue weighted by Gasteiger charge is -2.19. The number of hydrogen-bond donors (Lipinski definition) is 1. The highest BCUT2D eigenvalue weighted by atomic mass is 32.1. The predicted octanol–water partition coefficient (Wildman–Crippen LogP) is 3.01. The molecular weight excluding hydrogens is 396 g/mol. The van der Waals surface area contributed by atoms with Crippen LogP contribution in [0.4, 0.5) is 10.1 Å². The van der Waals surface area contributed by atoms with Crippen molar-refractivity contribution in [1.82, 2.24) is 4.98 Å². The quantitative estimate of drug-likeness (QED) is 0.450. The van der Waals surface area contributed by atoms with E-state index in [1.807, 2.05) is 6.07 Å². The van der Waals surface area contributed by atoms with Gasteiger partial charge in [-0.15, -0.1) is 0 Å². The van der Waals surface area contributed by atoms with Crippen LogP contribution in [-0.4, -0.2) is 43.0 Å². The van der Waals surface area contributed by atoms with Crippen LogP contribution in [-0.2, 0) is 6.42 Å². The van der Waals surface area contributed by atoms with Gasteiger partial charge >= 0.3 is 5.00 Å². The molecule has 0 aliphatic heterocycles. The molecule has 0 bridgehead atoms. The number of carbonyl (C=O) groups is 1. The van der Waals surface area contributed by atoms with Gasteiger partial charge in [0.05, 0.1) is 40.7 Å². The molecule has 1 aromatic carbocycles. The molecule has 0 spiro atoms. The highest BCUT2D eigenvalue weighted by Crippen LogP contribution is 2.32. The number of aryl methyl sites for hydroxylation is 1. The molecular formula is C19H23N4O3S2+. The molecule has 0 saturated carbocycles. The van der Waals surface area contributed by atoms with Crippen molar-refractivity contribution in [2.24, 2.45) is 0 Å². The van der Waals surface area contributed by atoms with Crippen molar-refractivity contribution >= 4 is 48.9 Å². The number of carbonyl (C=O) groups excluding carboxylic acids is 1. The van der Waals surface area contributed by atoms with E-state index in [0.717, 1.165) is 40.9 Å². The molecule has 28 heavy (non-hydrogen) atoms. The number of rotatable bonds is 8. The third-order valence-corrected chi connectivity index (χ3v) is 6.43. The summed E-state index contributed by atoms with van der Waals surface area (Å²) in [5.41, 5.74) is 2.09. The summed E-state index contributed by atoms with van der Waals surface area (Å²) in [6.45, 7) is 3.54. The standard InChI is InChI=1S/C19H22N4O3S2/c1-4-13-6-7-14-16(12-13)28-19(20-14)22(11-5-10-21(2)3)18(24)15-8-9-17(27-15)23(25)26/h6-9,12H,4-5,10-11H2,1-3H3/p+1. The number of amides is 1. The molecule has 3 rings (SSSR count). The molecule has 7 nitrogen and oxygen atoms in total. The maximum atomic E-state index is 13.1. The highest BCUT2D eigenvalue weighted by molar-refractivity contribution is 7.22.